The fourth-order valence-corrected chi connectivity index (χ4v) is 2.36. The van der Waals surface area contributed by atoms with Crippen molar-refractivity contribution in [3.63, 3.8) is 0 Å². The monoisotopic (exact) mass is 287 g/mol. The van der Waals surface area contributed by atoms with Gasteiger partial charge < -0.3 is 15.4 Å². The highest BCUT2D eigenvalue weighted by Gasteiger charge is 2.35. The molecule has 1 saturated heterocycles. The van der Waals surface area contributed by atoms with E-state index in [1.807, 2.05) is 31.2 Å². The van der Waals surface area contributed by atoms with Crippen molar-refractivity contribution in [3.05, 3.63) is 24.3 Å². The first kappa shape index (κ1) is 15.3. The highest BCUT2D eigenvalue weighted by Crippen LogP contribution is 2.23. The third kappa shape index (κ3) is 4.20. The van der Waals surface area contributed by atoms with Gasteiger partial charge in [0.15, 0.2) is 0 Å². The van der Waals surface area contributed by atoms with Crippen molar-refractivity contribution in [2.75, 3.05) is 18.5 Å². The third-order valence-electron chi connectivity index (χ3n) is 3.66. The van der Waals surface area contributed by atoms with Gasteiger partial charge in [0, 0.05) is 18.2 Å². The van der Waals surface area contributed by atoms with Gasteiger partial charge in [-0.1, -0.05) is 6.07 Å². The number of carbonyl (C=O) groups is 1. The zero-order valence-corrected chi connectivity index (χ0v) is 12.3. The van der Waals surface area contributed by atoms with Crippen molar-refractivity contribution in [2.24, 2.45) is 0 Å². The SMILES string of the molecule is CC1(C(=O)Nc2cccc(OCCCC#N)c2)CCCN1. The number of benzene rings is 1. The van der Waals surface area contributed by atoms with E-state index < -0.39 is 5.54 Å². The van der Waals surface area contributed by atoms with Crippen LogP contribution in [0.1, 0.15) is 32.6 Å². The van der Waals surface area contributed by atoms with E-state index in [1.165, 1.54) is 0 Å². The van der Waals surface area contributed by atoms with E-state index in [0.29, 0.717) is 25.2 Å². The van der Waals surface area contributed by atoms with Crippen LogP contribution in [-0.4, -0.2) is 24.6 Å². The van der Waals surface area contributed by atoms with Crippen LogP contribution in [0.4, 0.5) is 5.69 Å². The number of carbonyl (C=O) groups excluding carboxylic acids is 1. The van der Waals surface area contributed by atoms with Crippen LogP contribution in [0.3, 0.4) is 0 Å². The maximum atomic E-state index is 12.3. The van der Waals surface area contributed by atoms with E-state index >= 15 is 0 Å². The number of nitrogens with one attached hydrogen (secondary N) is 2. The molecule has 5 nitrogen and oxygen atoms in total. The van der Waals surface area contributed by atoms with E-state index in [4.69, 9.17) is 10.00 Å². The predicted molar refractivity (Wildman–Crippen MR) is 81.1 cm³/mol. The average molecular weight is 287 g/mol. The summed E-state index contributed by atoms with van der Waals surface area (Å²) in [7, 11) is 0. The minimum absolute atomic E-state index is 0.0124. The summed E-state index contributed by atoms with van der Waals surface area (Å²) in [5.41, 5.74) is 0.247. The largest absolute Gasteiger partial charge is 0.493 e. The number of nitriles is 1. The Morgan fingerprint density at radius 1 is 1.57 bits per heavy atom. The van der Waals surface area contributed by atoms with Crippen LogP contribution in [-0.2, 0) is 4.79 Å². The molecule has 1 amide bonds. The lowest BCUT2D eigenvalue weighted by atomic mass is 9.99. The van der Waals surface area contributed by atoms with Gasteiger partial charge in [0.25, 0.3) is 0 Å². The fraction of sp³-hybridized carbons (Fsp3) is 0.500. The van der Waals surface area contributed by atoms with Crippen molar-refractivity contribution in [2.45, 2.75) is 38.1 Å². The lowest BCUT2D eigenvalue weighted by molar-refractivity contribution is -0.121. The number of nitrogens with zero attached hydrogens (tertiary/aromatic N) is 1. The molecule has 1 fully saturated rings. The molecule has 0 saturated carbocycles. The van der Waals surface area contributed by atoms with Crippen LogP contribution in [0.25, 0.3) is 0 Å². The van der Waals surface area contributed by atoms with Gasteiger partial charge >= 0.3 is 0 Å². The lowest BCUT2D eigenvalue weighted by Gasteiger charge is -2.23. The average Bonchev–Trinajstić information content (AvgIpc) is 2.92. The zero-order valence-electron chi connectivity index (χ0n) is 12.3. The second-order valence-electron chi connectivity index (χ2n) is 5.45. The van der Waals surface area contributed by atoms with Gasteiger partial charge in [-0.05, 0) is 44.9 Å². The molecule has 1 unspecified atom stereocenters. The molecule has 0 spiro atoms. The van der Waals surface area contributed by atoms with E-state index in [1.54, 1.807) is 0 Å². The van der Waals surface area contributed by atoms with Crippen molar-refractivity contribution >= 4 is 11.6 Å². The predicted octanol–water partition coefficient (Wildman–Crippen LogP) is 2.45. The molecule has 0 aromatic heterocycles. The summed E-state index contributed by atoms with van der Waals surface area (Å²) in [6, 6.07) is 9.43. The highest BCUT2D eigenvalue weighted by atomic mass is 16.5. The Labute approximate surface area is 125 Å². The molecule has 0 bridgehead atoms. The summed E-state index contributed by atoms with van der Waals surface area (Å²) in [5.74, 6) is 0.692. The quantitative estimate of drug-likeness (QED) is 0.788. The van der Waals surface area contributed by atoms with Crippen LogP contribution in [0.15, 0.2) is 24.3 Å². The zero-order chi connectivity index (χ0) is 15.1. The van der Waals surface area contributed by atoms with Gasteiger partial charge in [-0.15, -0.1) is 0 Å². The van der Waals surface area contributed by atoms with Crippen molar-refractivity contribution < 1.29 is 9.53 Å². The Kier molecular flexibility index (Phi) is 5.18. The minimum Gasteiger partial charge on any atom is -0.493 e. The molecular weight excluding hydrogens is 266 g/mol. The summed E-state index contributed by atoms with van der Waals surface area (Å²) in [6.45, 7) is 3.31. The van der Waals surface area contributed by atoms with Crippen molar-refractivity contribution in [3.8, 4) is 11.8 Å². The summed E-state index contributed by atoms with van der Waals surface area (Å²) in [4.78, 5) is 12.3. The van der Waals surface area contributed by atoms with Crippen LogP contribution >= 0.6 is 0 Å². The summed E-state index contributed by atoms with van der Waals surface area (Å²) in [5, 5.41) is 14.7. The van der Waals surface area contributed by atoms with Gasteiger partial charge in [0.1, 0.15) is 5.75 Å². The first-order chi connectivity index (χ1) is 10.1. The molecule has 1 aromatic rings. The standard InChI is InChI=1S/C16H21N3O2/c1-16(8-5-10-18-16)15(20)19-13-6-4-7-14(12-13)21-11-3-2-9-17/h4,6-7,12,18H,2-3,5,8,10-11H2,1H3,(H,19,20). The minimum atomic E-state index is -0.482. The number of unbranched alkanes of at least 4 members (excludes halogenated alkanes) is 1. The van der Waals surface area contributed by atoms with E-state index in [9.17, 15) is 4.79 Å². The summed E-state index contributed by atoms with van der Waals surface area (Å²) >= 11 is 0. The molecule has 112 valence electrons. The number of rotatable bonds is 6. The smallest absolute Gasteiger partial charge is 0.244 e. The number of hydrogen-bond acceptors (Lipinski definition) is 4. The molecule has 1 aliphatic heterocycles. The molecule has 2 N–H and O–H groups in total. The van der Waals surface area contributed by atoms with Crippen LogP contribution in [0, 0.1) is 11.3 Å². The van der Waals surface area contributed by atoms with E-state index in [-0.39, 0.29) is 5.91 Å². The molecule has 0 aliphatic carbocycles. The topological polar surface area (TPSA) is 74.1 Å². The molecule has 1 atom stereocenters. The third-order valence-corrected chi connectivity index (χ3v) is 3.66. The Morgan fingerprint density at radius 2 is 2.43 bits per heavy atom. The summed E-state index contributed by atoms with van der Waals surface area (Å²) < 4.78 is 5.56. The van der Waals surface area contributed by atoms with Gasteiger partial charge in [0.05, 0.1) is 18.2 Å². The fourth-order valence-electron chi connectivity index (χ4n) is 2.36. The highest BCUT2D eigenvalue weighted by molar-refractivity contribution is 5.98. The van der Waals surface area contributed by atoms with Gasteiger partial charge in [-0.25, -0.2) is 0 Å². The van der Waals surface area contributed by atoms with Crippen molar-refractivity contribution in [1.82, 2.24) is 5.32 Å². The van der Waals surface area contributed by atoms with E-state index in [0.717, 1.165) is 25.1 Å². The first-order valence-electron chi connectivity index (χ1n) is 7.30. The molecular formula is C16H21N3O2. The second-order valence-corrected chi connectivity index (χ2v) is 5.45. The number of anilines is 1. The Bertz CT molecular complexity index is 531. The lowest BCUT2D eigenvalue weighted by Crippen LogP contribution is -2.47. The van der Waals surface area contributed by atoms with Crippen LogP contribution in [0.2, 0.25) is 0 Å². The Balaban J connectivity index is 1.91. The Morgan fingerprint density at radius 3 is 3.14 bits per heavy atom. The number of amides is 1. The number of ether oxygens (including phenoxy) is 1. The number of hydrogen-bond donors (Lipinski definition) is 2. The first-order valence-corrected chi connectivity index (χ1v) is 7.30. The van der Waals surface area contributed by atoms with Gasteiger partial charge in [0.2, 0.25) is 5.91 Å². The normalized spacial score (nSPS) is 20.8. The van der Waals surface area contributed by atoms with Crippen LogP contribution < -0.4 is 15.4 Å². The molecule has 5 heteroatoms. The molecule has 1 heterocycles. The molecule has 1 aromatic carbocycles. The van der Waals surface area contributed by atoms with Gasteiger partial charge in [-0.3, -0.25) is 4.79 Å². The van der Waals surface area contributed by atoms with Crippen molar-refractivity contribution in [1.29, 1.82) is 5.26 Å². The van der Waals surface area contributed by atoms with Crippen LogP contribution in [0.5, 0.6) is 5.75 Å². The summed E-state index contributed by atoms with van der Waals surface area (Å²) in [6.07, 6.45) is 3.06. The molecule has 1 aliphatic rings. The maximum absolute atomic E-state index is 12.3. The molecule has 2 rings (SSSR count). The van der Waals surface area contributed by atoms with E-state index in [2.05, 4.69) is 16.7 Å². The van der Waals surface area contributed by atoms with Gasteiger partial charge in [-0.2, -0.15) is 5.26 Å². The second kappa shape index (κ2) is 7.09. The Hall–Kier alpha value is -2.06. The molecule has 21 heavy (non-hydrogen) atoms. The molecule has 0 radical (unpaired) electrons. The maximum Gasteiger partial charge on any atom is 0.244 e.